The summed E-state index contributed by atoms with van der Waals surface area (Å²) >= 11 is 5.99. The van der Waals surface area contributed by atoms with Gasteiger partial charge in [-0.2, -0.15) is 0 Å². The fraction of sp³-hybridized carbons (Fsp3) is 0.125. The van der Waals surface area contributed by atoms with Crippen LogP contribution < -0.4 is 11.1 Å². The minimum Gasteiger partial charge on any atom is -0.463 e. The first-order valence-corrected chi connectivity index (χ1v) is 12.3. The van der Waals surface area contributed by atoms with Gasteiger partial charge < -0.3 is 15.8 Å². The second-order valence-electron chi connectivity index (χ2n) is 7.43. The molecule has 3 N–H and O–H groups in total. The molecular weight excluding hydrogens is 524 g/mol. The molecule has 0 radical (unpaired) electrons. The molecule has 0 saturated heterocycles. The van der Waals surface area contributed by atoms with Crippen molar-refractivity contribution in [3.63, 3.8) is 0 Å². The maximum atomic E-state index is 11.1. The summed E-state index contributed by atoms with van der Waals surface area (Å²) in [4.78, 5) is 20.8. The molecule has 0 heterocycles. The number of benzene rings is 4. The molecule has 0 bridgehead atoms. The van der Waals surface area contributed by atoms with Crippen LogP contribution in [-0.2, 0) is 27.5 Å². The van der Waals surface area contributed by atoms with Gasteiger partial charge in [-0.05, 0) is 35.4 Å². The number of amides is 1. The van der Waals surface area contributed by atoms with E-state index in [1.807, 2.05) is 84.9 Å². The molecule has 0 aliphatic carbocycles. The van der Waals surface area contributed by atoms with Crippen molar-refractivity contribution in [1.29, 1.82) is 0 Å². The van der Waals surface area contributed by atoms with Crippen LogP contribution in [0.3, 0.4) is 0 Å². The van der Waals surface area contributed by atoms with Gasteiger partial charge in [0.15, 0.2) is 0 Å². The number of hydrogen-bond acceptors (Lipinski definition) is 6. The predicted octanol–water partition coefficient (Wildman–Crippen LogP) is 8.66. The van der Waals surface area contributed by atoms with Gasteiger partial charge in [-0.3, -0.25) is 9.59 Å². The molecule has 0 aromatic heterocycles. The van der Waals surface area contributed by atoms with Crippen LogP contribution >= 0.6 is 11.6 Å². The van der Waals surface area contributed by atoms with Crippen molar-refractivity contribution in [3.05, 3.63) is 139 Å². The molecule has 7 nitrogen and oxygen atoms in total. The van der Waals surface area contributed by atoms with E-state index in [1.54, 1.807) is 24.3 Å². The van der Waals surface area contributed by atoms with Gasteiger partial charge >= 0.3 is 0 Å². The maximum absolute atomic E-state index is 11.1. The largest absolute Gasteiger partial charge is 0.463 e. The Morgan fingerprint density at radius 1 is 0.825 bits per heavy atom. The molecule has 0 unspecified atom stereocenters. The molecule has 4 rings (SSSR count). The second-order valence-corrected chi connectivity index (χ2v) is 7.84. The molecule has 8 heteroatoms. The van der Waals surface area contributed by atoms with Crippen LogP contribution in [0.2, 0.25) is 5.02 Å². The number of halogens is 1. The van der Waals surface area contributed by atoms with Gasteiger partial charge in [-0.25, -0.2) is 0 Å². The fourth-order valence-electron chi connectivity index (χ4n) is 2.82. The van der Waals surface area contributed by atoms with Gasteiger partial charge in [0.25, 0.3) is 6.47 Å². The Morgan fingerprint density at radius 3 is 1.80 bits per heavy atom. The van der Waals surface area contributed by atoms with Crippen LogP contribution in [0.25, 0.3) is 0 Å². The highest BCUT2D eigenvalue weighted by molar-refractivity contribution is 6.32. The Kier molecular flexibility index (Phi) is 19.8. The minimum absolute atomic E-state index is 0. The molecule has 0 saturated carbocycles. The zero-order valence-electron chi connectivity index (χ0n) is 21.9. The van der Waals surface area contributed by atoms with Crippen LogP contribution in [0.5, 0.6) is 0 Å². The van der Waals surface area contributed by atoms with Gasteiger partial charge in [-0.15, -0.1) is 23.4 Å². The summed E-state index contributed by atoms with van der Waals surface area (Å²) in [7, 11) is 0. The second kappa shape index (κ2) is 22.4. The quantitative estimate of drug-likeness (QED) is 0.134. The predicted molar refractivity (Wildman–Crippen MR) is 166 cm³/mol. The smallest absolute Gasteiger partial charge is 0.293 e. The molecule has 0 spiro atoms. The molecule has 210 valence electrons. The lowest BCUT2D eigenvalue weighted by molar-refractivity contribution is -0.129. The molecule has 1 amide bonds. The van der Waals surface area contributed by atoms with Crippen molar-refractivity contribution in [2.75, 3.05) is 5.32 Å². The van der Waals surface area contributed by atoms with Gasteiger partial charge in [0.2, 0.25) is 5.91 Å². The maximum Gasteiger partial charge on any atom is 0.293 e. The van der Waals surface area contributed by atoms with Crippen LogP contribution in [-0.4, -0.2) is 12.4 Å². The summed E-state index contributed by atoms with van der Waals surface area (Å²) < 4.78 is 4.54. The summed E-state index contributed by atoms with van der Waals surface area (Å²) in [6, 6.07) is 33.9. The van der Waals surface area contributed by atoms with Crippen molar-refractivity contribution >= 4 is 41.0 Å². The molecule has 4 aromatic rings. The molecule has 0 fully saturated rings. The van der Waals surface area contributed by atoms with Crippen molar-refractivity contribution in [1.82, 2.24) is 0 Å². The number of nitrogens with two attached hydrogens (primary N) is 1. The number of azo groups is 1. The molecule has 0 aliphatic rings. The third-order valence-electron chi connectivity index (χ3n) is 4.57. The third-order valence-corrected chi connectivity index (χ3v) is 4.89. The molecule has 40 heavy (non-hydrogen) atoms. The van der Waals surface area contributed by atoms with E-state index in [9.17, 15) is 9.59 Å². The first-order chi connectivity index (χ1) is 19.0. The van der Waals surface area contributed by atoms with E-state index in [2.05, 4.69) is 33.4 Å². The van der Waals surface area contributed by atoms with E-state index >= 15 is 0 Å². The number of anilines is 1. The number of nitrogens with one attached hydrogen (secondary N) is 1. The van der Waals surface area contributed by atoms with Crippen LogP contribution in [0.1, 0.15) is 25.5 Å². The summed E-state index contributed by atoms with van der Waals surface area (Å²) in [6.07, 6.45) is 0. The molecular formula is C32H37ClN4O3. The number of carbonyl (C=O) groups excluding carboxylic acids is 2. The molecule has 0 atom stereocenters. The monoisotopic (exact) mass is 560 g/mol. The summed E-state index contributed by atoms with van der Waals surface area (Å²) in [6.45, 7) is 8.90. The number of rotatable bonds is 7. The SMILES string of the molecule is C.C=C.CC(=O)Nc1ccccc1N=Nc1ccccc1Cl.NCc1ccccc1.O=COCc1ccccc1. The van der Waals surface area contributed by atoms with Crippen molar-refractivity contribution in [2.24, 2.45) is 16.0 Å². The Labute approximate surface area is 242 Å². The lowest BCUT2D eigenvalue weighted by atomic mass is 10.2. The van der Waals surface area contributed by atoms with Gasteiger partial charge in [0, 0.05) is 13.5 Å². The first kappa shape index (κ1) is 35.4. The summed E-state index contributed by atoms with van der Waals surface area (Å²) in [5.74, 6) is -0.152. The number of carbonyl (C=O) groups is 2. The number of nitrogens with zero attached hydrogens (tertiary/aromatic N) is 2. The average molecular weight is 561 g/mol. The molecule has 4 aromatic carbocycles. The Morgan fingerprint density at radius 2 is 1.30 bits per heavy atom. The van der Waals surface area contributed by atoms with Gasteiger partial charge in [0.1, 0.15) is 18.0 Å². The molecule has 0 aliphatic heterocycles. The Balaban J connectivity index is 0.000000609. The lowest BCUT2D eigenvalue weighted by Gasteiger charge is -2.04. The number of hydrogen-bond donors (Lipinski definition) is 2. The van der Waals surface area contributed by atoms with E-state index in [0.29, 0.717) is 41.7 Å². The topological polar surface area (TPSA) is 106 Å². The highest BCUT2D eigenvalue weighted by atomic mass is 35.5. The first-order valence-electron chi connectivity index (χ1n) is 11.9. The van der Waals surface area contributed by atoms with E-state index in [4.69, 9.17) is 17.3 Å². The van der Waals surface area contributed by atoms with Gasteiger partial charge in [0.05, 0.1) is 10.7 Å². The minimum atomic E-state index is -0.152. The van der Waals surface area contributed by atoms with E-state index in [0.717, 1.165) is 5.56 Å². The number of para-hydroxylation sites is 1. The van der Waals surface area contributed by atoms with Crippen molar-refractivity contribution in [3.8, 4) is 0 Å². The van der Waals surface area contributed by atoms with Crippen LogP contribution in [0, 0.1) is 0 Å². The fourth-order valence-corrected chi connectivity index (χ4v) is 2.99. The van der Waals surface area contributed by atoms with Gasteiger partial charge in [-0.1, -0.05) is 104 Å². The lowest BCUT2D eigenvalue weighted by Crippen LogP contribution is -2.05. The zero-order chi connectivity index (χ0) is 28.7. The van der Waals surface area contributed by atoms with E-state index in [1.165, 1.54) is 12.5 Å². The highest BCUT2D eigenvalue weighted by Crippen LogP contribution is 2.29. The van der Waals surface area contributed by atoms with Crippen LogP contribution in [0.4, 0.5) is 17.1 Å². The Hall–Kier alpha value is -4.59. The summed E-state index contributed by atoms with van der Waals surface area (Å²) in [5.41, 5.74) is 9.33. The zero-order valence-corrected chi connectivity index (χ0v) is 22.6. The van der Waals surface area contributed by atoms with Crippen molar-refractivity contribution in [2.45, 2.75) is 27.5 Å². The van der Waals surface area contributed by atoms with Crippen LogP contribution in [0.15, 0.2) is 133 Å². The van der Waals surface area contributed by atoms with Crippen molar-refractivity contribution < 1.29 is 14.3 Å². The standard InChI is InChI=1S/C14H12ClN3O.C8H8O2.C7H9N.C2H4.CH4/c1-10(19)16-13-8-4-5-9-14(13)18-17-12-7-3-2-6-11(12)15;9-7-10-6-8-4-2-1-3-5-8;8-6-7-4-2-1-3-5-7;1-2;/h2-9H,1H3,(H,16,19);1-5,7H,6H2;1-5H,6,8H2;1-2H2;1H4. The average Bonchev–Trinajstić information content (AvgIpc) is 2.99. The Bertz CT molecular complexity index is 1270. The van der Waals surface area contributed by atoms with E-state index < -0.39 is 0 Å². The normalized spacial score (nSPS) is 9.18. The number of ether oxygens (including phenoxy) is 1. The summed E-state index contributed by atoms with van der Waals surface area (Å²) in [5, 5.41) is 11.4. The third kappa shape index (κ3) is 15.0. The highest BCUT2D eigenvalue weighted by Gasteiger charge is 2.02. The van der Waals surface area contributed by atoms with E-state index in [-0.39, 0.29) is 13.3 Å².